The van der Waals surface area contributed by atoms with Crippen LogP contribution in [0.25, 0.3) is 0 Å². The van der Waals surface area contributed by atoms with Gasteiger partial charge in [0, 0.05) is 34.9 Å². The highest BCUT2D eigenvalue weighted by molar-refractivity contribution is 6.31. The van der Waals surface area contributed by atoms with Gasteiger partial charge in [-0.05, 0) is 31.4 Å². The van der Waals surface area contributed by atoms with Crippen molar-refractivity contribution in [1.29, 1.82) is 10.5 Å². The smallest absolute Gasteiger partial charge is 0.211 e. The molecule has 1 unspecified atom stereocenters. The van der Waals surface area contributed by atoms with E-state index in [-0.39, 0.29) is 23.0 Å². The zero-order valence-electron chi connectivity index (χ0n) is 16.1. The Balaban J connectivity index is 1.82. The lowest BCUT2D eigenvalue weighted by Gasteiger charge is -2.30. The fourth-order valence-electron chi connectivity index (χ4n) is 3.89. The molecule has 3 heterocycles. The van der Waals surface area contributed by atoms with Crippen molar-refractivity contribution in [2.75, 3.05) is 34.8 Å². The molecule has 152 valence electrons. The summed E-state index contributed by atoms with van der Waals surface area (Å²) in [6.07, 6.45) is 5.40. The fraction of sp³-hybridized carbons (Fsp3) is 0.300. The number of nitrogen functional groups attached to an aromatic ring is 2. The number of fused-ring (bicyclic) bond motifs is 1. The first kappa shape index (κ1) is 19.6. The summed E-state index contributed by atoms with van der Waals surface area (Å²) in [5.41, 5.74) is 14.7. The van der Waals surface area contributed by atoms with E-state index in [1.807, 2.05) is 30.5 Å². The van der Waals surface area contributed by atoms with Gasteiger partial charge in [0.1, 0.15) is 29.3 Å². The van der Waals surface area contributed by atoms with Gasteiger partial charge in [0.2, 0.25) is 5.96 Å². The predicted octanol–water partition coefficient (Wildman–Crippen LogP) is 2.70. The first-order valence-electron chi connectivity index (χ1n) is 9.56. The van der Waals surface area contributed by atoms with E-state index < -0.39 is 6.04 Å². The second kappa shape index (κ2) is 7.97. The van der Waals surface area contributed by atoms with Crippen LogP contribution >= 0.6 is 11.6 Å². The molecule has 0 spiro atoms. The van der Waals surface area contributed by atoms with Gasteiger partial charge in [-0.1, -0.05) is 17.7 Å². The second-order valence-corrected chi connectivity index (χ2v) is 7.56. The predicted molar refractivity (Wildman–Crippen MR) is 117 cm³/mol. The monoisotopic (exact) mass is 421 g/mol. The molecule has 9 nitrogen and oxygen atoms in total. The number of nitrogens with one attached hydrogen (secondary N) is 2. The zero-order valence-corrected chi connectivity index (χ0v) is 16.9. The van der Waals surface area contributed by atoms with E-state index >= 15 is 0 Å². The van der Waals surface area contributed by atoms with Crippen LogP contribution in [-0.4, -0.2) is 24.0 Å². The standard InChI is InChI=1S/C20H20ClN9/c21-14-8-11(30-6-2-1-3-7-30)4-5-12(14)17-15-16(24)13(9-22)18(25)28-19(15)29-20(27-17)26-10-23/h4-5,8,17H,1-3,6-7H2,(H6,24,25,26,27,28,29). The highest BCUT2D eigenvalue weighted by atomic mass is 35.5. The Labute approximate surface area is 179 Å². The summed E-state index contributed by atoms with van der Waals surface area (Å²) in [5, 5.41) is 24.4. The lowest BCUT2D eigenvalue weighted by Crippen LogP contribution is -2.33. The van der Waals surface area contributed by atoms with Gasteiger partial charge in [0.05, 0.1) is 5.69 Å². The number of piperidine rings is 1. The number of nitriles is 2. The number of guanidine groups is 1. The molecule has 0 radical (unpaired) electrons. The Morgan fingerprint density at radius 2 is 1.97 bits per heavy atom. The van der Waals surface area contributed by atoms with E-state index in [9.17, 15) is 5.26 Å². The van der Waals surface area contributed by atoms with Crippen LogP contribution in [0.5, 0.6) is 0 Å². The second-order valence-electron chi connectivity index (χ2n) is 7.16. The number of benzene rings is 1. The third-order valence-corrected chi connectivity index (χ3v) is 5.68. The van der Waals surface area contributed by atoms with Crippen molar-refractivity contribution in [2.24, 2.45) is 4.99 Å². The van der Waals surface area contributed by atoms with Crippen molar-refractivity contribution >= 4 is 40.6 Å². The van der Waals surface area contributed by atoms with Crippen molar-refractivity contribution in [3.8, 4) is 12.3 Å². The van der Waals surface area contributed by atoms with E-state index in [0.29, 0.717) is 22.0 Å². The van der Waals surface area contributed by atoms with Gasteiger partial charge in [-0.3, -0.25) is 5.32 Å². The number of pyridine rings is 1. The van der Waals surface area contributed by atoms with Crippen LogP contribution in [0.2, 0.25) is 5.02 Å². The molecule has 1 aromatic heterocycles. The minimum Gasteiger partial charge on any atom is -0.397 e. The average Bonchev–Trinajstić information content (AvgIpc) is 2.74. The van der Waals surface area contributed by atoms with Crippen LogP contribution in [-0.2, 0) is 0 Å². The van der Waals surface area contributed by atoms with Gasteiger partial charge in [-0.25, -0.2) is 9.98 Å². The SMILES string of the molecule is N#CNC1=NC(c2ccc(N3CCCCC3)cc2Cl)c2c(nc(N)c(C#N)c2N)N1. The van der Waals surface area contributed by atoms with Crippen molar-refractivity contribution in [3.63, 3.8) is 0 Å². The largest absolute Gasteiger partial charge is 0.397 e. The highest BCUT2D eigenvalue weighted by Crippen LogP contribution is 2.43. The molecule has 0 saturated carbocycles. The number of nitrogens with zero attached hydrogens (tertiary/aromatic N) is 5. The molecule has 1 aromatic carbocycles. The summed E-state index contributed by atoms with van der Waals surface area (Å²) >= 11 is 6.68. The fourth-order valence-corrected chi connectivity index (χ4v) is 4.17. The number of hydrogen-bond donors (Lipinski definition) is 4. The van der Waals surface area contributed by atoms with Crippen molar-refractivity contribution in [1.82, 2.24) is 10.3 Å². The first-order chi connectivity index (χ1) is 14.5. The van der Waals surface area contributed by atoms with Crippen LogP contribution in [0.4, 0.5) is 23.0 Å². The number of hydrogen-bond acceptors (Lipinski definition) is 9. The lowest BCUT2D eigenvalue weighted by atomic mass is 9.94. The molecular weight excluding hydrogens is 402 g/mol. The molecule has 6 N–H and O–H groups in total. The maximum absolute atomic E-state index is 9.44. The minimum atomic E-state index is -0.653. The van der Waals surface area contributed by atoms with Crippen molar-refractivity contribution in [2.45, 2.75) is 25.3 Å². The molecule has 2 aliphatic heterocycles. The molecule has 0 bridgehead atoms. The van der Waals surface area contributed by atoms with E-state index in [2.05, 4.69) is 25.5 Å². The molecule has 1 fully saturated rings. The molecular formula is C20H20ClN9. The number of rotatable bonds is 2. The summed E-state index contributed by atoms with van der Waals surface area (Å²) < 4.78 is 0. The third kappa shape index (κ3) is 3.40. The van der Waals surface area contributed by atoms with Gasteiger partial charge in [-0.15, -0.1) is 0 Å². The average molecular weight is 422 g/mol. The number of anilines is 4. The third-order valence-electron chi connectivity index (χ3n) is 5.36. The quantitative estimate of drug-likeness (QED) is 0.426. The van der Waals surface area contributed by atoms with Crippen LogP contribution in [0.15, 0.2) is 23.2 Å². The molecule has 1 atom stereocenters. The summed E-state index contributed by atoms with van der Waals surface area (Å²) in [4.78, 5) is 11.1. The van der Waals surface area contributed by atoms with E-state index in [1.165, 1.54) is 6.42 Å². The normalized spacial score (nSPS) is 17.8. The number of nitrogens with two attached hydrogens (primary N) is 2. The number of aliphatic imine (C=N–C) groups is 1. The Bertz CT molecular complexity index is 1110. The Morgan fingerprint density at radius 1 is 1.20 bits per heavy atom. The molecule has 2 aliphatic rings. The minimum absolute atomic E-state index is 0.00440. The topological polar surface area (TPSA) is 152 Å². The van der Waals surface area contributed by atoms with Crippen LogP contribution < -0.4 is 27.0 Å². The molecule has 0 aliphatic carbocycles. The van der Waals surface area contributed by atoms with E-state index in [4.69, 9.17) is 28.3 Å². The van der Waals surface area contributed by atoms with Gasteiger partial charge in [-0.2, -0.15) is 10.5 Å². The molecule has 0 amide bonds. The van der Waals surface area contributed by atoms with Gasteiger partial charge >= 0.3 is 0 Å². The van der Waals surface area contributed by atoms with Gasteiger partial charge in [0.25, 0.3) is 0 Å². The van der Waals surface area contributed by atoms with E-state index in [0.717, 1.165) is 31.6 Å². The Kier molecular flexibility index (Phi) is 5.21. The summed E-state index contributed by atoms with van der Waals surface area (Å²) in [5.74, 6) is 0.532. The Morgan fingerprint density at radius 3 is 2.63 bits per heavy atom. The van der Waals surface area contributed by atoms with E-state index in [1.54, 1.807) is 0 Å². The van der Waals surface area contributed by atoms with Gasteiger partial charge in [0.15, 0.2) is 6.19 Å². The molecule has 10 heteroatoms. The maximum Gasteiger partial charge on any atom is 0.211 e. The summed E-state index contributed by atoms with van der Waals surface area (Å²) in [6.45, 7) is 2.00. The lowest BCUT2D eigenvalue weighted by molar-refractivity contribution is 0.578. The van der Waals surface area contributed by atoms with Crippen LogP contribution in [0.3, 0.4) is 0 Å². The van der Waals surface area contributed by atoms with Crippen LogP contribution in [0.1, 0.15) is 42.0 Å². The maximum atomic E-state index is 9.44. The number of aromatic nitrogens is 1. The molecule has 2 aromatic rings. The molecule has 4 rings (SSSR count). The highest BCUT2D eigenvalue weighted by Gasteiger charge is 2.31. The van der Waals surface area contributed by atoms with Gasteiger partial charge < -0.3 is 21.7 Å². The summed E-state index contributed by atoms with van der Waals surface area (Å²) in [7, 11) is 0. The zero-order chi connectivity index (χ0) is 21.3. The molecule has 30 heavy (non-hydrogen) atoms. The van der Waals surface area contributed by atoms with Crippen molar-refractivity contribution in [3.05, 3.63) is 39.9 Å². The van der Waals surface area contributed by atoms with Crippen LogP contribution in [0, 0.1) is 22.8 Å². The first-order valence-corrected chi connectivity index (χ1v) is 9.94. The van der Waals surface area contributed by atoms with Crippen molar-refractivity contribution < 1.29 is 0 Å². The summed E-state index contributed by atoms with van der Waals surface area (Å²) in [6, 6.07) is 7.17. The molecule has 1 saturated heterocycles. The Hall–Kier alpha value is -3.69. The number of halogens is 1.